The number of aromatic nitrogens is 1. The number of rotatable bonds is 3. The lowest BCUT2D eigenvalue weighted by molar-refractivity contribution is 0.666. The van der Waals surface area contributed by atoms with E-state index < -0.39 is 0 Å². The maximum atomic E-state index is 5.74. The third kappa shape index (κ3) is 3.94. The van der Waals surface area contributed by atoms with Crippen molar-refractivity contribution in [2.24, 2.45) is 5.73 Å². The largest absolute Gasteiger partial charge is 0.328 e. The Kier molecular flexibility index (Phi) is 3.97. The minimum absolute atomic E-state index is 0.200. The van der Waals surface area contributed by atoms with Crippen molar-refractivity contribution in [3.63, 3.8) is 0 Å². The minimum Gasteiger partial charge on any atom is -0.328 e. The number of hydrogen-bond acceptors (Lipinski definition) is 2. The number of hydrogen-bond donors (Lipinski definition) is 1. The molecule has 0 fully saturated rings. The molecule has 0 bridgehead atoms. The quantitative estimate of drug-likeness (QED) is 0.793. The average Bonchev–Trinajstić information content (AvgIpc) is 1.99. The Hall–Kier alpha value is -0.310. The summed E-state index contributed by atoms with van der Waals surface area (Å²) in [6.45, 7) is 1.98. The fourth-order valence-electron chi connectivity index (χ4n) is 1.05. The van der Waals surface area contributed by atoms with Crippen molar-refractivity contribution in [2.45, 2.75) is 25.8 Å². The molecule has 0 saturated carbocycles. The summed E-state index contributed by atoms with van der Waals surface area (Å²) in [6.07, 6.45) is 1.82. The zero-order valence-electron chi connectivity index (χ0n) is 7.43. The van der Waals surface area contributed by atoms with Gasteiger partial charge < -0.3 is 5.73 Å². The first-order chi connectivity index (χ1) is 6.08. The van der Waals surface area contributed by atoms with Gasteiger partial charge in [-0.2, -0.15) is 0 Å². The van der Waals surface area contributed by atoms with Crippen molar-refractivity contribution in [3.05, 3.63) is 28.0 Å². The zero-order valence-corrected chi connectivity index (χ0v) is 8.94. The van der Waals surface area contributed by atoms with E-state index in [2.05, 4.69) is 4.98 Å². The fraction of sp³-hybridized carbons (Fsp3) is 0.444. The standard InChI is InChI=1S/C9H12Cl2N2/c1-6(12)2-3-7-4-8(10)13-9(11)5-7/h4-6H,2-3,12H2,1H3/t6-/m0/s1. The van der Waals surface area contributed by atoms with Crippen LogP contribution in [0.25, 0.3) is 0 Å². The molecule has 1 atom stereocenters. The summed E-state index contributed by atoms with van der Waals surface area (Å²) in [6, 6.07) is 3.83. The van der Waals surface area contributed by atoms with Crippen LogP contribution >= 0.6 is 23.2 Å². The Labute approximate surface area is 88.1 Å². The lowest BCUT2D eigenvalue weighted by atomic mass is 10.1. The Balaban J connectivity index is 2.66. The molecule has 72 valence electrons. The Morgan fingerprint density at radius 1 is 1.38 bits per heavy atom. The molecule has 1 aromatic heterocycles. The second-order valence-corrected chi connectivity index (χ2v) is 3.91. The van der Waals surface area contributed by atoms with Gasteiger partial charge in [-0.3, -0.25) is 0 Å². The van der Waals surface area contributed by atoms with Gasteiger partial charge in [0.1, 0.15) is 10.3 Å². The average molecular weight is 219 g/mol. The molecule has 0 amide bonds. The highest BCUT2D eigenvalue weighted by molar-refractivity contribution is 6.32. The summed E-state index contributed by atoms with van der Waals surface area (Å²) < 4.78 is 0. The molecule has 1 rings (SSSR count). The van der Waals surface area contributed by atoms with Gasteiger partial charge in [-0.15, -0.1) is 0 Å². The van der Waals surface area contributed by atoms with Crippen LogP contribution in [0.4, 0.5) is 0 Å². The lowest BCUT2D eigenvalue weighted by Crippen LogP contribution is -2.15. The van der Waals surface area contributed by atoms with Gasteiger partial charge in [0.25, 0.3) is 0 Å². The van der Waals surface area contributed by atoms with Crippen molar-refractivity contribution in [1.29, 1.82) is 0 Å². The molecule has 2 nitrogen and oxygen atoms in total. The second-order valence-electron chi connectivity index (χ2n) is 3.14. The van der Waals surface area contributed by atoms with E-state index in [1.807, 2.05) is 19.1 Å². The van der Waals surface area contributed by atoms with Gasteiger partial charge in [0, 0.05) is 6.04 Å². The van der Waals surface area contributed by atoms with Crippen LogP contribution in [0.3, 0.4) is 0 Å². The fourth-order valence-corrected chi connectivity index (χ4v) is 1.56. The summed E-state index contributed by atoms with van der Waals surface area (Å²) in [5, 5.41) is 0.874. The SMILES string of the molecule is C[C@H](N)CCc1cc(Cl)nc(Cl)c1. The summed E-state index contributed by atoms with van der Waals surface area (Å²) >= 11 is 11.5. The highest BCUT2D eigenvalue weighted by atomic mass is 35.5. The molecule has 0 saturated heterocycles. The van der Waals surface area contributed by atoms with Crippen molar-refractivity contribution in [2.75, 3.05) is 0 Å². The highest BCUT2D eigenvalue weighted by Gasteiger charge is 2.01. The van der Waals surface area contributed by atoms with Crippen LogP contribution in [0.1, 0.15) is 18.9 Å². The smallest absolute Gasteiger partial charge is 0.131 e. The first-order valence-corrected chi connectivity index (χ1v) is 4.91. The molecule has 13 heavy (non-hydrogen) atoms. The third-order valence-corrected chi connectivity index (χ3v) is 2.10. The van der Waals surface area contributed by atoms with Gasteiger partial charge in [0.15, 0.2) is 0 Å². The molecule has 0 aliphatic heterocycles. The van der Waals surface area contributed by atoms with Crippen LogP contribution in [-0.2, 0) is 6.42 Å². The van der Waals surface area contributed by atoms with Crippen molar-refractivity contribution < 1.29 is 0 Å². The minimum atomic E-state index is 0.200. The molecule has 0 spiro atoms. The third-order valence-electron chi connectivity index (χ3n) is 1.71. The van der Waals surface area contributed by atoms with Gasteiger partial charge >= 0.3 is 0 Å². The van der Waals surface area contributed by atoms with E-state index in [4.69, 9.17) is 28.9 Å². The maximum Gasteiger partial charge on any atom is 0.131 e. The number of nitrogens with two attached hydrogens (primary N) is 1. The van der Waals surface area contributed by atoms with Gasteiger partial charge in [0.2, 0.25) is 0 Å². The molecule has 0 radical (unpaired) electrons. The van der Waals surface area contributed by atoms with Gasteiger partial charge in [-0.1, -0.05) is 23.2 Å². The van der Waals surface area contributed by atoms with Crippen LogP contribution in [-0.4, -0.2) is 11.0 Å². The van der Waals surface area contributed by atoms with Crippen molar-refractivity contribution >= 4 is 23.2 Å². The zero-order chi connectivity index (χ0) is 9.84. The maximum absolute atomic E-state index is 5.74. The van der Waals surface area contributed by atoms with Crippen LogP contribution in [0, 0.1) is 0 Å². The van der Waals surface area contributed by atoms with Crippen molar-refractivity contribution in [3.8, 4) is 0 Å². The molecule has 0 aromatic carbocycles. The molecule has 2 N–H and O–H groups in total. The predicted octanol–water partition coefficient (Wildman–Crippen LogP) is 2.67. The van der Waals surface area contributed by atoms with E-state index in [0.717, 1.165) is 18.4 Å². The van der Waals surface area contributed by atoms with Gasteiger partial charge in [-0.05, 0) is 37.5 Å². The number of aryl methyl sites for hydroxylation is 1. The first kappa shape index (κ1) is 10.8. The van der Waals surface area contributed by atoms with Crippen LogP contribution in [0.2, 0.25) is 10.3 Å². The van der Waals surface area contributed by atoms with Crippen LogP contribution in [0.15, 0.2) is 12.1 Å². The molecule has 1 heterocycles. The van der Waals surface area contributed by atoms with Gasteiger partial charge in [0.05, 0.1) is 0 Å². The Morgan fingerprint density at radius 2 is 1.92 bits per heavy atom. The van der Waals surface area contributed by atoms with Crippen LogP contribution in [0.5, 0.6) is 0 Å². The second kappa shape index (κ2) is 4.80. The summed E-state index contributed by atoms with van der Waals surface area (Å²) in [4.78, 5) is 3.86. The number of nitrogens with zero attached hydrogens (tertiary/aromatic N) is 1. The van der Waals surface area contributed by atoms with E-state index in [1.54, 1.807) is 0 Å². The van der Waals surface area contributed by atoms with E-state index in [9.17, 15) is 0 Å². The molecule has 1 aromatic rings. The highest BCUT2D eigenvalue weighted by Crippen LogP contribution is 2.16. The van der Waals surface area contributed by atoms with Gasteiger partial charge in [-0.25, -0.2) is 4.98 Å². The molecular weight excluding hydrogens is 207 g/mol. The van der Waals surface area contributed by atoms with E-state index in [0.29, 0.717) is 10.3 Å². The predicted molar refractivity (Wildman–Crippen MR) is 56.2 cm³/mol. The number of halogens is 2. The molecule has 4 heteroatoms. The van der Waals surface area contributed by atoms with Crippen molar-refractivity contribution in [1.82, 2.24) is 4.98 Å². The monoisotopic (exact) mass is 218 g/mol. The topological polar surface area (TPSA) is 38.9 Å². The summed E-state index contributed by atoms with van der Waals surface area (Å²) in [5.41, 5.74) is 6.72. The van der Waals surface area contributed by atoms with Crippen LogP contribution < -0.4 is 5.73 Å². The Bertz CT molecular complexity index is 267. The number of pyridine rings is 1. The molecule has 0 unspecified atom stereocenters. The first-order valence-electron chi connectivity index (χ1n) is 4.15. The molecule has 0 aliphatic rings. The van der Waals surface area contributed by atoms with E-state index in [1.165, 1.54) is 0 Å². The lowest BCUT2D eigenvalue weighted by Gasteiger charge is -2.05. The van der Waals surface area contributed by atoms with E-state index >= 15 is 0 Å². The molecular formula is C9H12Cl2N2. The van der Waals surface area contributed by atoms with E-state index in [-0.39, 0.29) is 6.04 Å². The summed E-state index contributed by atoms with van der Waals surface area (Å²) in [5.74, 6) is 0. The molecule has 0 aliphatic carbocycles. The Morgan fingerprint density at radius 3 is 2.38 bits per heavy atom. The normalized spacial score (nSPS) is 12.9. The summed E-state index contributed by atoms with van der Waals surface area (Å²) in [7, 11) is 0.